The molecule has 0 unspecified atom stereocenters. The molecule has 0 aliphatic rings. The standard InChI is InChI=1S/C18H16O7S/c1-12(19)25-17-10-7-14(11-16(17)18(20)24-2)4-3-13-5-8-15(9-6-13)26(21,22)23/h3-11H,1-2H3,(H,21,22,23)/b4-3+. The van der Waals surface area contributed by atoms with Crippen molar-refractivity contribution in [2.24, 2.45) is 0 Å². The molecule has 0 saturated heterocycles. The van der Waals surface area contributed by atoms with Gasteiger partial charge in [0.25, 0.3) is 10.1 Å². The maximum Gasteiger partial charge on any atom is 0.341 e. The van der Waals surface area contributed by atoms with Crippen molar-refractivity contribution in [2.45, 2.75) is 11.8 Å². The van der Waals surface area contributed by atoms with E-state index in [4.69, 9.17) is 9.29 Å². The molecule has 0 fully saturated rings. The van der Waals surface area contributed by atoms with Gasteiger partial charge in [-0.2, -0.15) is 8.42 Å². The second kappa shape index (κ2) is 7.94. The van der Waals surface area contributed by atoms with Crippen molar-refractivity contribution in [2.75, 3.05) is 7.11 Å². The van der Waals surface area contributed by atoms with E-state index in [2.05, 4.69) is 4.74 Å². The molecule has 0 atom stereocenters. The van der Waals surface area contributed by atoms with Crippen molar-refractivity contribution in [1.82, 2.24) is 0 Å². The molecule has 0 aliphatic carbocycles. The molecule has 0 radical (unpaired) electrons. The van der Waals surface area contributed by atoms with Gasteiger partial charge in [-0.25, -0.2) is 4.79 Å². The van der Waals surface area contributed by atoms with Gasteiger partial charge in [0.15, 0.2) is 0 Å². The number of carbonyl (C=O) groups excluding carboxylic acids is 2. The highest BCUT2D eigenvalue weighted by atomic mass is 32.2. The van der Waals surface area contributed by atoms with Crippen LogP contribution in [0.25, 0.3) is 12.2 Å². The maximum absolute atomic E-state index is 11.9. The summed E-state index contributed by atoms with van der Waals surface area (Å²) in [6, 6.07) is 10.2. The Morgan fingerprint density at radius 3 is 2.12 bits per heavy atom. The van der Waals surface area contributed by atoms with Crippen LogP contribution in [0.2, 0.25) is 0 Å². The predicted molar refractivity (Wildman–Crippen MR) is 94.3 cm³/mol. The van der Waals surface area contributed by atoms with Crippen molar-refractivity contribution in [3.05, 3.63) is 59.2 Å². The Balaban J connectivity index is 2.30. The SMILES string of the molecule is COC(=O)c1cc(/C=C/c2ccc(S(=O)(=O)O)cc2)ccc1OC(C)=O. The Morgan fingerprint density at radius 1 is 1.00 bits per heavy atom. The predicted octanol–water partition coefficient (Wildman–Crippen LogP) is 2.82. The van der Waals surface area contributed by atoms with Crippen molar-refractivity contribution in [3.8, 4) is 5.75 Å². The summed E-state index contributed by atoms with van der Waals surface area (Å²) in [7, 11) is -3.02. The third-order valence-electron chi connectivity index (χ3n) is 3.31. The first-order valence-corrected chi connectivity index (χ1v) is 8.81. The van der Waals surface area contributed by atoms with Gasteiger partial charge in [-0.05, 0) is 35.4 Å². The molecule has 2 rings (SSSR count). The zero-order valence-corrected chi connectivity index (χ0v) is 14.8. The number of hydrogen-bond donors (Lipinski definition) is 1. The fraction of sp³-hybridized carbons (Fsp3) is 0.111. The summed E-state index contributed by atoms with van der Waals surface area (Å²) in [4.78, 5) is 22.8. The van der Waals surface area contributed by atoms with Gasteiger partial charge in [-0.15, -0.1) is 0 Å². The molecule has 0 heterocycles. The summed E-state index contributed by atoms with van der Waals surface area (Å²) in [5.41, 5.74) is 1.42. The zero-order valence-electron chi connectivity index (χ0n) is 14.0. The lowest BCUT2D eigenvalue weighted by atomic mass is 10.1. The van der Waals surface area contributed by atoms with Crippen molar-refractivity contribution >= 4 is 34.2 Å². The molecule has 2 aromatic carbocycles. The van der Waals surface area contributed by atoms with Crippen molar-refractivity contribution in [1.29, 1.82) is 0 Å². The number of rotatable bonds is 5. The highest BCUT2D eigenvalue weighted by Gasteiger charge is 2.15. The summed E-state index contributed by atoms with van der Waals surface area (Å²) < 4.78 is 40.7. The molecule has 136 valence electrons. The average molecular weight is 376 g/mol. The topological polar surface area (TPSA) is 107 Å². The van der Waals surface area contributed by atoms with E-state index in [-0.39, 0.29) is 16.2 Å². The number of ether oxygens (including phenoxy) is 2. The Morgan fingerprint density at radius 2 is 1.58 bits per heavy atom. The molecule has 1 N–H and O–H groups in total. The Hall–Kier alpha value is -2.97. The van der Waals surface area contributed by atoms with E-state index in [0.717, 1.165) is 0 Å². The molecule has 26 heavy (non-hydrogen) atoms. The number of hydrogen-bond acceptors (Lipinski definition) is 6. The second-order valence-corrected chi connectivity index (χ2v) is 6.64. The summed E-state index contributed by atoms with van der Waals surface area (Å²) in [6.07, 6.45) is 3.38. The van der Waals surface area contributed by atoms with Crippen LogP contribution in [0.3, 0.4) is 0 Å². The molecule has 8 heteroatoms. The van der Waals surface area contributed by atoms with Crippen molar-refractivity contribution < 1.29 is 32.0 Å². The van der Waals surface area contributed by atoms with Gasteiger partial charge in [0.1, 0.15) is 11.3 Å². The van der Waals surface area contributed by atoms with E-state index in [1.165, 1.54) is 50.4 Å². The minimum atomic E-state index is -4.24. The van der Waals surface area contributed by atoms with Gasteiger partial charge in [0, 0.05) is 6.92 Å². The molecule has 2 aromatic rings. The van der Waals surface area contributed by atoms with E-state index >= 15 is 0 Å². The third-order valence-corrected chi connectivity index (χ3v) is 4.18. The minimum Gasteiger partial charge on any atom is -0.465 e. The third kappa shape index (κ3) is 5.01. The molecule has 0 aliphatic heterocycles. The van der Waals surface area contributed by atoms with E-state index in [9.17, 15) is 18.0 Å². The van der Waals surface area contributed by atoms with Crippen LogP contribution in [0, 0.1) is 0 Å². The number of benzene rings is 2. The lowest BCUT2D eigenvalue weighted by molar-refractivity contribution is -0.131. The largest absolute Gasteiger partial charge is 0.465 e. The van der Waals surface area contributed by atoms with Gasteiger partial charge < -0.3 is 9.47 Å². The van der Waals surface area contributed by atoms with Crippen LogP contribution in [0.1, 0.15) is 28.4 Å². The zero-order chi connectivity index (χ0) is 19.3. The van der Waals surface area contributed by atoms with Crippen LogP contribution in [0.4, 0.5) is 0 Å². The Labute approximate surface area is 150 Å². The van der Waals surface area contributed by atoms with E-state index < -0.39 is 22.1 Å². The normalized spacial score (nSPS) is 11.3. The minimum absolute atomic E-state index is 0.0963. The molecular weight excluding hydrogens is 360 g/mol. The second-order valence-electron chi connectivity index (χ2n) is 5.22. The van der Waals surface area contributed by atoms with Gasteiger partial charge in [-0.3, -0.25) is 9.35 Å². The van der Waals surface area contributed by atoms with E-state index in [1.54, 1.807) is 18.2 Å². The van der Waals surface area contributed by atoms with Gasteiger partial charge in [0.2, 0.25) is 0 Å². The first-order valence-electron chi connectivity index (χ1n) is 7.37. The van der Waals surface area contributed by atoms with Crippen molar-refractivity contribution in [3.63, 3.8) is 0 Å². The summed E-state index contributed by atoms with van der Waals surface area (Å²) in [5.74, 6) is -1.11. The lowest BCUT2D eigenvalue weighted by Crippen LogP contribution is -2.09. The molecular formula is C18H16O7S. The van der Waals surface area contributed by atoms with Gasteiger partial charge >= 0.3 is 11.9 Å². The fourth-order valence-corrected chi connectivity index (χ4v) is 2.59. The van der Waals surface area contributed by atoms with Crippen LogP contribution >= 0.6 is 0 Å². The number of methoxy groups -OCH3 is 1. The smallest absolute Gasteiger partial charge is 0.341 e. The summed E-state index contributed by atoms with van der Waals surface area (Å²) >= 11 is 0. The van der Waals surface area contributed by atoms with Crippen LogP contribution in [0.15, 0.2) is 47.4 Å². The molecule has 0 saturated carbocycles. The van der Waals surface area contributed by atoms with Gasteiger partial charge in [0.05, 0.1) is 12.0 Å². The van der Waals surface area contributed by atoms with Crippen LogP contribution in [-0.4, -0.2) is 32.0 Å². The highest BCUT2D eigenvalue weighted by molar-refractivity contribution is 7.85. The number of carbonyl (C=O) groups is 2. The van der Waals surface area contributed by atoms with E-state index in [0.29, 0.717) is 11.1 Å². The Kier molecular flexibility index (Phi) is 5.91. The first kappa shape index (κ1) is 19.4. The molecule has 0 bridgehead atoms. The van der Waals surface area contributed by atoms with E-state index in [1.807, 2.05) is 0 Å². The average Bonchev–Trinajstić information content (AvgIpc) is 2.59. The summed E-state index contributed by atoms with van der Waals surface area (Å²) in [6.45, 7) is 1.23. The van der Waals surface area contributed by atoms with Crippen LogP contribution in [-0.2, 0) is 19.6 Å². The fourth-order valence-electron chi connectivity index (χ4n) is 2.11. The molecule has 0 aromatic heterocycles. The monoisotopic (exact) mass is 376 g/mol. The van der Waals surface area contributed by atoms with Gasteiger partial charge in [-0.1, -0.05) is 30.4 Å². The maximum atomic E-state index is 11.9. The number of esters is 2. The molecule has 7 nitrogen and oxygen atoms in total. The lowest BCUT2D eigenvalue weighted by Gasteiger charge is -2.08. The molecule has 0 spiro atoms. The highest BCUT2D eigenvalue weighted by Crippen LogP contribution is 2.23. The van der Waals surface area contributed by atoms with Crippen LogP contribution in [0.5, 0.6) is 5.75 Å². The quantitative estimate of drug-likeness (QED) is 0.370. The molecule has 0 amide bonds. The summed E-state index contributed by atoms with van der Waals surface area (Å²) in [5, 5.41) is 0. The Bertz CT molecular complexity index is 958. The van der Waals surface area contributed by atoms with Crippen LogP contribution < -0.4 is 4.74 Å². The first-order chi connectivity index (χ1) is 12.2.